The van der Waals surface area contributed by atoms with Gasteiger partial charge in [-0.05, 0) is 36.4 Å². The van der Waals surface area contributed by atoms with Crippen LogP contribution in [0.4, 0.5) is 11.4 Å². The number of anilines is 2. The molecule has 148 valence electrons. The van der Waals surface area contributed by atoms with Crippen LogP contribution in [0.5, 0.6) is 0 Å². The summed E-state index contributed by atoms with van der Waals surface area (Å²) in [5.74, 6) is -0.838. The normalized spacial score (nSPS) is 10.1. The van der Waals surface area contributed by atoms with Gasteiger partial charge in [-0.25, -0.2) is 0 Å². The summed E-state index contributed by atoms with van der Waals surface area (Å²) in [6.45, 7) is 0. The second-order valence-corrected chi connectivity index (χ2v) is 7.90. The number of nitrogens with zero attached hydrogens (tertiary/aromatic N) is 1. The van der Waals surface area contributed by atoms with E-state index in [2.05, 4.69) is 32.1 Å². The number of hydrogen-bond donors (Lipinski definition) is 3. The van der Waals surface area contributed by atoms with Crippen LogP contribution in [0.15, 0.2) is 53.0 Å². The second-order valence-electron chi connectivity index (χ2n) is 6.00. The van der Waals surface area contributed by atoms with Crippen LogP contribution in [0.2, 0.25) is 0 Å². The van der Waals surface area contributed by atoms with Crippen LogP contribution in [0.3, 0.4) is 0 Å². The summed E-state index contributed by atoms with van der Waals surface area (Å²) in [5.41, 5.74) is 6.72. The molecule has 0 spiro atoms. The van der Waals surface area contributed by atoms with Crippen molar-refractivity contribution in [1.82, 2.24) is 10.9 Å². The van der Waals surface area contributed by atoms with Crippen molar-refractivity contribution in [3.05, 3.63) is 58.6 Å². The predicted octanol–water partition coefficient (Wildman–Crippen LogP) is 2.65. The molecular weight excluding hydrogens is 444 g/mol. The number of amides is 3. The quantitative estimate of drug-likeness (QED) is 0.547. The van der Waals surface area contributed by atoms with Crippen molar-refractivity contribution in [3.8, 4) is 0 Å². The molecule has 2 aromatic rings. The van der Waals surface area contributed by atoms with E-state index in [1.54, 1.807) is 30.3 Å². The molecule has 0 saturated heterocycles. The lowest BCUT2D eigenvalue weighted by Crippen LogP contribution is -2.42. The lowest BCUT2D eigenvalue weighted by Gasteiger charge is -2.13. The fourth-order valence-corrected chi connectivity index (χ4v) is 3.18. The first-order valence-corrected chi connectivity index (χ1v) is 10.3. The Labute approximate surface area is 176 Å². The van der Waals surface area contributed by atoms with E-state index < -0.39 is 11.8 Å². The van der Waals surface area contributed by atoms with Gasteiger partial charge >= 0.3 is 0 Å². The van der Waals surface area contributed by atoms with Crippen LogP contribution in [-0.2, 0) is 9.59 Å². The van der Waals surface area contributed by atoms with E-state index in [9.17, 15) is 14.4 Å². The van der Waals surface area contributed by atoms with Crippen LogP contribution in [0.1, 0.15) is 10.4 Å². The number of hydrazine groups is 1. The molecule has 3 N–H and O–H groups in total. The van der Waals surface area contributed by atoms with Crippen molar-refractivity contribution >= 4 is 56.8 Å². The van der Waals surface area contributed by atoms with Gasteiger partial charge in [0, 0.05) is 35.5 Å². The summed E-state index contributed by atoms with van der Waals surface area (Å²) in [6.07, 6.45) is 0. The highest BCUT2D eigenvalue weighted by molar-refractivity contribution is 9.10. The maximum Gasteiger partial charge on any atom is 0.269 e. The Morgan fingerprint density at radius 2 is 1.68 bits per heavy atom. The monoisotopic (exact) mass is 464 g/mol. The average molecular weight is 465 g/mol. The van der Waals surface area contributed by atoms with E-state index >= 15 is 0 Å². The van der Waals surface area contributed by atoms with E-state index in [0.29, 0.717) is 11.3 Å². The van der Waals surface area contributed by atoms with Crippen molar-refractivity contribution < 1.29 is 14.4 Å². The molecule has 0 heterocycles. The number of hydrogen-bond acceptors (Lipinski definition) is 5. The summed E-state index contributed by atoms with van der Waals surface area (Å²) in [4.78, 5) is 37.7. The third-order valence-electron chi connectivity index (χ3n) is 3.51. The fraction of sp³-hybridized carbons (Fsp3) is 0.211. The molecule has 0 aliphatic carbocycles. The molecule has 0 radical (unpaired) electrons. The number of nitrogens with one attached hydrogen (secondary N) is 3. The zero-order valence-electron chi connectivity index (χ0n) is 15.5. The minimum atomic E-state index is -0.408. The third-order valence-corrected chi connectivity index (χ3v) is 4.94. The second kappa shape index (κ2) is 10.7. The van der Waals surface area contributed by atoms with E-state index in [1.165, 1.54) is 0 Å². The van der Waals surface area contributed by atoms with Crippen LogP contribution in [0, 0.1) is 0 Å². The third kappa shape index (κ3) is 7.24. The highest BCUT2D eigenvalue weighted by atomic mass is 79.9. The largest absolute Gasteiger partial charge is 0.378 e. The van der Waals surface area contributed by atoms with Gasteiger partial charge in [-0.1, -0.05) is 28.1 Å². The fourth-order valence-electron chi connectivity index (χ4n) is 2.16. The van der Waals surface area contributed by atoms with Crippen molar-refractivity contribution in [1.29, 1.82) is 0 Å². The molecule has 0 atom stereocenters. The Hall–Kier alpha value is -2.52. The van der Waals surface area contributed by atoms with Crippen LogP contribution >= 0.6 is 27.7 Å². The maximum atomic E-state index is 12.1. The van der Waals surface area contributed by atoms with Gasteiger partial charge in [0.05, 0.1) is 11.5 Å². The van der Waals surface area contributed by atoms with Gasteiger partial charge in [0.1, 0.15) is 0 Å². The number of carbonyl (C=O) groups excluding carboxylic acids is 3. The molecular formula is C19H21BrN4O3S. The molecule has 0 aliphatic heterocycles. The summed E-state index contributed by atoms with van der Waals surface area (Å²) in [7, 11) is 3.76. The number of thioether (sulfide) groups is 1. The minimum Gasteiger partial charge on any atom is -0.378 e. The van der Waals surface area contributed by atoms with Gasteiger partial charge in [-0.15, -0.1) is 11.8 Å². The Morgan fingerprint density at radius 1 is 0.964 bits per heavy atom. The zero-order valence-corrected chi connectivity index (χ0v) is 17.9. The molecule has 9 heteroatoms. The molecule has 7 nitrogen and oxygen atoms in total. The molecule has 28 heavy (non-hydrogen) atoms. The van der Waals surface area contributed by atoms with E-state index in [0.717, 1.165) is 21.9 Å². The first kappa shape index (κ1) is 21.8. The first-order chi connectivity index (χ1) is 13.3. The summed E-state index contributed by atoms with van der Waals surface area (Å²) in [6, 6.07) is 14.3. The van der Waals surface area contributed by atoms with E-state index in [-0.39, 0.29) is 17.4 Å². The number of benzene rings is 2. The van der Waals surface area contributed by atoms with Gasteiger partial charge in [-0.2, -0.15) is 0 Å². The highest BCUT2D eigenvalue weighted by Gasteiger charge is 2.10. The van der Waals surface area contributed by atoms with Crippen LogP contribution < -0.4 is 21.1 Å². The van der Waals surface area contributed by atoms with Crippen molar-refractivity contribution in [2.45, 2.75) is 0 Å². The molecule has 0 saturated carbocycles. The first-order valence-electron chi connectivity index (χ1n) is 8.35. The Bertz CT molecular complexity index is 861. The van der Waals surface area contributed by atoms with E-state index in [4.69, 9.17) is 0 Å². The molecule has 2 rings (SSSR count). The van der Waals surface area contributed by atoms with Crippen molar-refractivity contribution in [2.24, 2.45) is 0 Å². The van der Waals surface area contributed by atoms with Crippen molar-refractivity contribution in [2.75, 3.05) is 35.8 Å². The summed E-state index contributed by atoms with van der Waals surface area (Å²) >= 11 is 4.49. The van der Waals surface area contributed by atoms with Crippen LogP contribution in [0.25, 0.3) is 0 Å². The average Bonchev–Trinajstić information content (AvgIpc) is 2.66. The van der Waals surface area contributed by atoms with Gasteiger partial charge in [0.2, 0.25) is 11.8 Å². The van der Waals surface area contributed by atoms with Gasteiger partial charge in [0.25, 0.3) is 5.91 Å². The minimum absolute atomic E-state index is 0.0456. The smallest absolute Gasteiger partial charge is 0.269 e. The Morgan fingerprint density at radius 3 is 2.39 bits per heavy atom. The molecule has 0 bridgehead atoms. The molecule has 0 aromatic heterocycles. The summed E-state index contributed by atoms with van der Waals surface area (Å²) in [5, 5.41) is 2.75. The molecule has 3 amide bonds. The van der Waals surface area contributed by atoms with E-state index in [1.807, 2.05) is 37.2 Å². The Balaban J connectivity index is 1.70. The molecule has 0 aliphatic rings. The lowest BCUT2D eigenvalue weighted by molar-refractivity contribution is -0.119. The van der Waals surface area contributed by atoms with Gasteiger partial charge in [-0.3, -0.25) is 25.2 Å². The van der Waals surface area contributed by atoms with Gasteiger partial charge < -0.3 is 10.2 Å². The van der Waals surface area contributed by atoms with Gasteiger partial charge in [0.15, 0.2) is 0 Å². The number of carbonyl (C=O) groups is 3. The molecule has 0 fully saturated rings. The van der Waals surface area contributed by atoms with Crippen molar-refractivity contribution in [3.63, 3.8) is 0 Å². The number of rotatable bonds is 7. The Kier molecular flexibility index (Phi) is 8.34. The van der Waals surface area contributed by atoms with Crippen LogP contribution in [-0.4, -0.2) is 43.3 Å². The summed E-state index contributed by atoms with van der Waals surface area (Å²) < 4.78 is 0.865. The molecule has 0 unspecified atom stereocenters. The number of halogens is 1. The zero-order chi connectivity index (χ0) is 20.5. The standard InChI is InChI=1S/C19H21BrN4O3S/c1-24(2)16-8-3-5-13(9-16)19(27)23-22-18(26)12-28-11-17(25)21-15-7-4-6-14(20)10-15/h3-10H,11-12H2,1-2H3,(H,21,25)(H,22,26)(H,23,27). The maximum absolute atomic E-state index is 12.1. The SMILES string of the molecule is CN(C)c1cccc(C(=O)NNC(=O)CSCC(=O)Nc2cccc(Br)c2)c1. The molecule has 2 aromatic carbocycles. The lowest BCUT2D eigenvalue weighted by atomic mass is 10.2. The highest BCUT2D eigenvalue weighted by Crippen LogP contribution is 2.16. The topological polar surface area (TPSA) is 90.5 Å². The predicted molar refractivity (Wildman–Crippen MR) is 116 cm³/mol.